The van der Waals surface area contributed by atoms with E-state index in [0.717, 1.165) is 24.9 Å². The molecule has 122 valence electrons. The highest BCUT2D eigenvalue weighted by molar-refractivity contribution is 6.00. The Hall–Kier alpha value is -1.97. The maximum absolute atomic E-state index is 13.1. The zero-order valence-electron chi connectivity index (χ0n) is 13.7. The van der Waals surface area contributed by atoms with Crippen molar-refractivity contribution in [1.82, 2.24) is 4.90 Å². The second-order valence-electron chi connectivity index (χ2n) is 5.66. The number of aliphatic hydroxyl groups excluding tert-OH is 1. The van der Waals surface area contributed by atoms with E-state index in [1.165, 1.54) is 0 Å². The normalized spacial score (nSPS) is 12.3. The molecular weight excluding hydrogens is 286 g/mol. The van der Waals surface area contributed by atoms with Crippen LogP contribution in [0.4, 0.5) is 0 Å². The minimum absolute atomic E-state index is 0.0507. The molecule has 3 nitrogen and oxygen atoms in total. The van der Waals surface area contributed by atoms with Crippen molar-refractivity contribution in [3.8, 4) is 0 Å². The van der Waals surface area contributed by atoms with E-state index in [-0.39, 0.29) is 18.4 Å². The van der Waals surface area contributed by atoms with E-state index in [9.17, 15) is 9.90 Å². The Labute approximate surface area is 138 Å². The van der Waals surface area contributed by atoms with Gasteiger partial charge in [-0.3, -0.25) is 9.69 Å². The van der Waals surface area contributed by atoms with Gasteiger partial charge in [-0.1, -0.05) is 74.0 Å². The average molecular weight is 311 g/mol. The number of nitrogens with zero attached hydrogens (tertiary/aromatic N) is 1. The summed E-state index contributed by atoms with van der Waals surface area (Å²) < 4.78 is 0. The maximum atomic E-state index is 13.1. The Bertz CT molecular complexity index is 583. The molecule has 2 aromatic carbocycles. The largest absolute Gasteiger partial charge is 0.395 e. The van der Waals surface area contributed by atoms with Gasteiger partial charge in [0.15, 0.2) is 5.78 Å². The Balaban J connectivity index is 2.36. The Morgan fingerprint density at radius 3 is 2.17 bits per heavy atom. The molecule has 0 aromatic heterocycles. The molecule has 1 N–H and O–H groups in total. The van der Waals surface area contributed by atoms with Gasteiger partial charge in [-0.05, 0) is 18.5 Å². The van der Waals surface area contributed by atoms with Gasteiger partial charge in [0.05, 0.1) is 12.6 Å². The smallest absolute Gasteiger partial charge is 0.184 e. The van der Waals surface area contributed by atoms with Gasteiger partial charge in [0, 0.05) is 12.1 Å². The van der Waals surface area contributed by atoms with Crippen molar-refractivity contribution < 1.29 is 9.90 Å². The summed E-state index contributed by atoms with van der Waals surface area (Å²) in [6.07, 6.45) is 2.06. The predicted octanol–water partition coefficient (Wildman–Crippen LogP) is 3.71. The minimum atomic E-state index is -0.350. The summed E-state index contributed by atoms with van der Waals surface area (Å²) in [4.78, 5) is 15.2. The van der Waals surface area contributed by atoms with E-state index in [1.807, 2.05) is 60.7 Å². The highest BCUT2D eigenvalue weighted by Crippen LogP contribution is 2.25. The van der Waals surface area contributed by atoms with Gasteiger partial charge in [-0.25, -0.2) is 0 Å². The quantitative estimate of drug-likeness (QED) is 0.718. The number of benzene rings is 2. The van der Waals surface area contributed by atoms with Gasteiger partial charge in [-0.2, -0.15) is 0 Å². The lowest BCUT2D eigenvalue weighted by Crippen LogP contribution is -2.37. The van der Waals surface area contributed by atoms with E-state index in [2.05, 4.69) is 11.8 Å². The van der Waals surface area contributed by atoms with Gasteiger partial charge in [0.25, 0.3) is 0 Å². The van der Waals surface area contributed by atoms with Gasteiger partial charge in [-0.15, -0.1) is 0 Å². The van der Waals surface area contributed by atoms with Crippen LogP contribution in [0, 0.1) is 0 Å². The molecule has 1 unspecified atom stereocenters. The third-order valence-corrected chi connectivity index (χ3v) is 3.97. The standard InChI is InChI=1S/C20H25NO2/c1-2-3-14-21(15-16-22)19(17-10-6-4-7-11-17)20(23)18-12-8-5-9-13-18/h4-13,19,22H,2-3,14-16H2,1H3. The lowest BCUT2D eigenvalue weighted by atomic mass is 9.95. The van der Waals surface area contributed by atoms with Crippen LogP contribution in [0.1, 0.15) is 41.7 Å². The molecule has 0 aliphatic rings. The van der Waals surface area contributed by atoms with Crippen LogP contribution in [-0.2, 0) is 0 Å². The monoisotopic (exact) mass is 311 g/mol. The number of rotatable bonds is 9. The number of ketones is 1. The molecule has 0 spiro atoms. The number of aliphatic hydroxyl groups is 1. The predicted molar refractivity (Wildman–Crippen MR) is 93.5 cm³/mol. The lowest BCUT2D eigenvalue weighted by Gasteiger charge is -2.30. The maximum Gasteiger partial charge on any atom is 0.184 e. The van der Waals surface area contributed by atoms with Crippen LogP contribution in [0.5, 0.6) is 0 Å². The molecule has 2 aromatic rings. The number of unbranched alkanes of at least 4 members (excludes halogenated alkanes) is 1. The zero-order valence-corrected chi connectivity index (χ0v) is 13.7. The minimum Gasteiger partial charge on any atom is -0.395 e. The fourth-order valence-corrected chi connectivity index (χ4v) is 2.78. The third kappa shape index (κ3) is 4.75. The summed E-state index contributed by atoms with van der Waals surface area (Å²) in [6.45, 7) is 3.48. The van der Waals surface area contributed by atoms with Gasteiger partial charge < -0.3 is 5.11 Å². The van der Waals surface area contributed by atoms with E-state index < -0.39 is 0 Å². The van der Waals surface area contributed by atoms with Crippen molar-refractivity contribution in [2.24, 2.45) is 0 Å². The molecule has 0 bridgehead atoms. The number of Topliss-reactive ketones (excluding diaryl/α,β-unsaturated/α-hetero) is 1. The Kier molecular flexibility index (Phi) is 6.98. The number of hydrogen-bond donors (Lipinski definition) is 1. The molecular formula is C20H25NO2. The van der Waals surface area contributed by atoms with Crippen LogP contribution >= 0.6 is 0 Å². The van der Waals surface area contributed by atoms with Crippen molar-refractivity contribution >= 4 is 5.78 Å². The Morgan fingerprint density at radius 1 is 1.00 bits per heavy atom. The van der Waals surface area contributed by atoms with Crippen LogP contribution in [0.2, 0.25) is 0 Å². The van der Waals surface area contributed by atoms with Crippen molar-refractivity contribution in [2.75, 3.05) is 19.7 Å². The van der Waals surface area contributed by atoms with Crippen LogP contribution in [0.3, 0.4) is 0 Å². The van der Waals surface area contributed by atoms with E-state index >= 15 is 0 Å². The molecule has 0 amide bonds. The van der Waals surface area contributed by atoms with Crippen LogP contribution in [0.25, 0.3) is 0 Å². The van der Waals surface area contributed by atoms with E-state index in [1.54, 1.807) is 0 Å². The average Bonchev–Trinajstić information content (AvgIpc) is 2.61. The molecule has 3 heteroatoms. The molecule has 0 aliphatic carbocycles. The SMILES string of the molecule is CCCCN(CCO)C(C(=O)c1ccccc1)c1ccccc1. The van der Waals surface area contributed by atoms with Gasteiger partial charge >= 0.3 is 0 Å². The topological polar surface area (TPSA) is 40.5 Å². The number of carbonyl (C=O) groups excluding carboxylic acids is 1. The highest BCUT2D eigenvalue weighted by Gasteiger charge is 2.27. The summed E-state index contributed by atoms with van der Waals surface area (Å²) >= 11 is 0. The fourth-order valence-electron chi connectivity index (χ4n) is 2.78. The molecule has 0 saturated carbocycles. The van der Waals surface area contributed by atoms with E-state index in [0.29, 0.717) is 12.1 Å². The molecule has 0 fully saturated rings. The summed E-state index contributed by atoms with van der Waals surface area (Å²) in [5.41, 5.74) is 1.69. The first kappa shape index (κ1) is 17.4. The zero-order chi connectivity index (χ0) is 16.5. The van der Waals surface area contributed by atoms with Crippen molar-refractivity contribution in [3.05, 3.63) is 71.8 Å². The van der Waals surface area contributed by atoms with Crippen LogP contribution < -0.4 is 0 Å². The van der Waals surface area contributed by atoms with Gasteiger partial charge in [0.2, 0.25) is 0 Å². The van der Waals surface area contributed by atoms with Crippen molar-refractivity contribution in [3.63, 3.8) is 0 Å². The van der Waals surface area contributed by atoms with Crippen molar-refractivity contribution in [2.45, 2.75) is 25.8 Å². The van der Waals surface area contributed by atoms with E-state index in [4.69, 9.17) is 0 Å². The molecule has 1 atom stereocenters. The van der Waals surface area contributed by atoms with Crippen LogP contribution in [-0.4, -0.2) is 35.5 Å². The molecule has 0 aliphatic heterocycles. The Morgan fingerprint density at radius 2 is 1.61 bits per heavy atom. The molecule has 23 heavy (non-hydrogen) atoms. The first-order valence-corrected chi connectivity index (χ1v) is 8.27. The molecule has 2 rings (SSSR count). The molecule has 0 heterocycles. The number of carbonyl (C=O) groups is 1. The fraction of sp³-hybridized carbons (Fsp3) is 0.350. The highest BCUT2D eigenvalue weighted by atomic mass is 16.3. The first-order chi connectivity index (χ1) is 11.3. The third-order valence-electron chi connectivity index (χ3n) is 3.97. The molecule has 0 saturated heterocycles. The number of hydrogen-bond acceptors (Lipinski definition) is 3. The summed E-state index contributed by atoms with van der Waals surface area (Å²) in [5.74, 6) is 0.0846. The van der Waals surface area contributed by atoms with Gasteiger partial charge in [0.1, 0.15) is 0 Å². The first-order valence-electron chi connectivity index (χ1n) is 8.27. The second-order valence-corrected chi connectivity index (χ2v) is 5.66. The van der Waals surface area contributed by atoms with Crippen molar-refractivity contribution in [1.29, 1.82) is 0 Å². The lowest BCUT2D eigenvalue weighted by molar-refractivity contribution is 0.0779. The molecule has 0 radical (unpaired) electrons. The summed E-state index contributed by atoms with van der Waals surface area (Å²) in [6, 6.07) is 18.9. The summed E-state index contributed by atoms with van der Waals surface area (Å²) in [7, 11) is 0. The summed E-state index contributed by atoms with van der Waals surface area (Å²) in [5, 5.41) is 9.43. The van der Waals surface area contributed by atoms with Crippen LogP contribution in [0.15, 0.2) is 60.7 Å². The second kappa shape index (κ2) is 9.23.